The van der Waals surface area contributed by atoms with Crippen molar-refractivity contribution in [3.8, 4) is 5.82 Å². The van der Waals surface area contributed by atoms with Crippen molar-refractivity contribution >= 4 is 16.9 Å². The number of Topliss-reactive ketones (excluding diaryl/α,β-unsaturated/α-hetero) is 1. The van der Waals surface area contributed by atoms with Crippen molar-refractivity contribution < 1.29 is 4.79 Å². The minimum atomic E-state index is -0.461. The molecule has 0 aromatic carbocycles. The van der Waals surface area contributed by atoms with Crippen LogP contribution >= 0.6 is 0 Å². The van der Waals surface area contributed by atoms with E-state index in [1.165, 1.54) is 0 Å². The van der Waals surface area contributed by atoms with Gasteiger partial charge in [-0.05, 0) is 6.92 Å². The standard InChI is InChI=1S/C15H17N5O/c1-9-16-5-6-20(9)11-8-18-14-12(19-11)10(7-17-14)13(21)15(2,3)4/h5-8H,1-4H3,(H,17,18). The molecule has 0 saturated carbocycles. The summed E-state index contributed by atoms with van der Waals surface area (Å²) in [6, 6.07) is 0. The second-order valence-corrected chi connectivity index (χ2v) is 6.05. The summed E-state index contributed by atoms with van der Waals surface area (Å²) < 4.78 is 1.84. The molecule has 0 aliphatic rings. The summed E-state index contributed by atoms with van der Waals surface area (Å²) >= 11 is 0. The highest BCUT2D eigenvalue weighted by Crippen LogP contribution is 2.25. The van der Waals surface area contributed by atoms with Gasteiger partial charge in [0, 0.05) is 24.0 Å². The number of H-pyrrole nitrogens is 1. The lowest BCUT2D eigenvalue weighted by molar-refractivity contribution is 0.0860. The number of nitrogens with zero attached hydrogens (tertiary/aromatic N) is 4. The zero-order chi connectivity index (χ0) is 15.2. The second kappa shape index (κ2) is 4.51. The fourth-order valence-corrected chi connectivity index (χ4v) is 2.20. The van der Waals surface area contributed by atoms with Gasteiger partial charge in [-0.1, -0.05) is 20.8 Å². The van der Waals surface area contributed by atoms with Crippen LogP contribution in [0.15, 0.2) is 24.8 Å². The molecule has 0 amide bonds. The van der Waals surface area contributed by atoms with Crippen molar-refractivity contribution in [2.24, 2.45) is 5.41 Å². The molecule has 21 heavy (non-hydrogen) atoms. The number of nitrogens with one attached hydrogen (secondary N) is 1. The maximum atomic E-state index is 12.5. The van der Waals surface area contributed by atoms with Crippen molar-refractivity contribution in [1.82, 2.24) is 24.5 Å². The number of hydrogen-bond donors (Lipinski definition) is 1. The summed E-state index contributed by atoms with van der Waals surface area (Å²) in [5, 5.41) is 0. The largest absolute Gasteiger partial charge is 0.344 e. The predicted molar refractivity (Wildman–Crippen MR) is 79.5 cm³/mol. The molecule has 6 nitrogen and oxygen atoms in total. The van der Waals surface area contributed by atoms with E-state index >= 15 is 0 Å². The average Bonchev–Trinajstić information content (AvgIpc) is 3.02. The lowest BCUT2D eigenvalue weighted by Gasteiger charge is -2.15. The molecule has 3 heterocycles. The normalized spacial score (nSPS) is 12.0. The molecule has 0 radical (unpaired) electrons. The smallest absolute Gasteiger partial charge is 0.171 e. The number of hydrogen-bond acceptors (Lipinski definition) is 4. The lowest BCUT2D eigenvalue weighted by atomic mass is 9.87. The number of imidazole rings is 1. The van der Waals surface area contributed by atoms with E-state index in [4.69, 9.17) is 0 Å². The second-order valence-electron chi connectivity index (χ2n) is 6.05. The minimum absolute atomic E-state index is 0.0440. The van der Waals surface area contributed by atoms with Gasteiger partial charge in [0.15, 0.2) is 17.2 Å². The quantitative estimate of drug-likeness (QED) is 0.734. The Labute approximate surface area is 122 Å². The molecule has 108 valence electrons. The summed E-state index contributed by atoms with van der Waals surface area (Å²) in [6.45, 7) is 7.58. The molecule has 0 unspecified atom stereocenters. The first-order valence-corrected chi connectivity index (χ1v) is 6.77. The molecule has 0 aliphatic heterocycles. The summed E-state index contributed by atoms with van der Waals surface area (Å²) in [4.78, 5) is 28.6. The summed E-state index contributed by atoms with van der Waals surface area (Å²) in [5.74, 6) is 1.52. The third-order valence-electron chi connectivity index (χ3n) is 3.37. The maximum Gasteiger partial charge on any atom is 0.171 e. The number of carbonyl (C=O) groups is 1. The first-order chi connectivity index (χ1) is 9.88. The molecule has 0 fully saturated rings. The Hall–Kier alpha value is -2.50. The summed E-state index contributed by atoms with van der Waals surface area (Å²) in [5.41, 5.74) is 1.33. The third-order valence-corrected chi connectivity index (χ3v) is 3.37. The number of aromatic amines is 1. The van der Waals surface area contributed by atoms with Gasteiger partial charge in [0.05, 0.1) is 11.8 Å². The van der Waals surface area contributed by atoms with E-state index < -0.39 is 5.41 Å². The Morgan fingerprint density at radius 2 is 2.05 bits per heavy atom. The molecule has 1 N–H and O–H groups in total. The van der Waals surface area contributed by atoms with Crippen molar-refractivity contribution in [3.05, 3.63) is 36.2 Å². The fraction of sp³-hybridized carbons (Fsp3) is 0.333. The highest BCUT2D eigenvalue weighted by atomic mass is 16.1. The van der Waals surface area contributed by atoms with E-state index in [9.17, 15) is 4.79 Å². The molecule has 0 bridgehead atoms. The van der Waals surface area contributed by atoms with Crippen LogP contribution in [0, 0.1) is 12.3 Å². The van der Waals surface area contributed by atoms with Crippen molar-refractivity contribution in [3.63, 3.8) is 0 Å². The van der Waals surface area contributed by atoms with Crippen LogP contribution in [0.4, 0.5) is 0 Å². The minimum Gasteiger partial charge on any atom is -0.344 e. The van der Waals surface area contributed by atoms with Gasteiger partial charge in [-0.25, -0.2) is 15.0 Å². The molecule has 0 saturated heterocycles. The number of aromatic nitrogens is 5. The average molecular weight is 283 g/mol. The Balaban J connectivity index is 2.17. The number of carbonyl (C=O) groups excluding carboxylic acids is 1. The Morgan fingerprint density at radius 1 is 1.29 bits per heavy atom. The van der Waals surface area contributed by atoms with Crippen LogP contribution in [0.25, 0.3) is 17.0 Å². The molecular weight excluding hydrogens is 266 g/mol. The van der Waals surface area contributed by atoms with Gasteiger partial charge in [-0.3, -0.25) is 9.36 Å². The Morgan fingerprint density at radius 3 is 2.67 bits per heavy atom. The van der Waals surface area contributed by atoms with E-state index in [0.29, 0.717) is 22.5 Å². The number of aryl methyl sites for hydroxylation is 1. The van der Waals surface area contributed by atoms with Gasteiger partial charge < -0.3 is 4.98 Å². The molecule has 0 aliphatic carbocycles. The summed E-state index contributed by atoms with van der Waals surface area (Å²) in [7, 11) is 0. The number of fused-ring (bicyclic) bond motifs is 1. The van der Waals surface area contributed by atoms with E-state index in [-0.39, 0.29) is 5.78 Å². The Kier molecular flexibility index (Phi) is 2.90. The Bertz CT molecular complexity index is 822. The van der Waals surface area contributed by atoms with Crippen molar-refractivity contribution in [1.29, 1.82) is 0 Å². The van der Waals surface area contributed by atoms with Crippen molar-refractivity contribution in [2.75, 3.05) is 0 Å². The first-order valence-electron chi connectivity index (χ1n) is 6.77. The molecule has 3 rings (SSSR count). The maximum absolute atomic E-state index is 12.5. The van der Waals surface area contributed by atoms with Crippen LogP contribution < -0.4 is 0 Å². The summed E-state index contributed by atoms with van der Waals surface area (Å²) in [6.07, 6.45) is 6.88. The molecule has 6 heteroatoms. The molecular formula is C15H17N5O. The van der Waals surface area contributed by atoms with Crippen LogP contribution in [-0.2, 0) is 0 Å². The predicted octanol–water partition coefficient (Wildman–Crippen LogP) is 2.68. The van der Waals surface area contributed by atoms with Gasteiger partial charge in [0.1, 0.15) is 11.3 Å². The molecule has 0 atom stereocenters. The fourth-order valence-electron chi connectivity index (χ4n) is 2.20. The van der Waals surface area contributed by atoms with Gasteiger partial charge in [0.25, 0.3) is 0 Å². The van der Waals surface area contributed by atoms with Gasteiger partial charge >= 0.3 is 0 Å². The van der Waals surface area contributed by atoms with E-state index in [1.807, 2.05) is 38.5 Å². The number of rotatable bonds is 2. The van der Waals surface area contributed by atoms with Crippen LogP contribution in [0.3, 0.4) is 0 Å². The van der Waals surface area contributed by atoms with Crippen LogP contribution in [0.2, 0.25) is 0 Å². The van der Waals surface area contributed by atoms with Crippen molar-refractivity contribution in [2.45, 2.75) is 27.7 Å². The van der Waals surface area contributed by atoms with Crippen LogP contribution in [0.1, 0.15) is 37.0 Å². The van der Waals surface area contributed by atoms with Gasteiger partial charge in [-0.2, -0.15) is 0 Å². The number of ketones is 1. The van der Waals surface area contributed by atoms with Gasteiger partial charge in [-0.15, -0.1) is 0 Å². The van der Waals surface area contributed by atoms with Crippen LogP contribution in [-0.4, -0.2) is 30.3 Å². The molecule has 3 aromatic rings. The van der Waals surface area contributed by atoms with Gasteiger partial charge in [0.2, 0.25) is 0 Å². The molecule has 0 spiro atoms. The lowest BCUT2D eigenvalue weighted by Crippen LogP contribution is -2.20. The zero-order valence-electron chi connectivity index (χ0n) is 12.5. The monoisotopic (exact) mass is 283 g/mol. The molecule has 3 aromatic heterocycles. The highest BCUT2D eigenvalue weighted by Gasteiger charge is 2.26. The zero-order valence-corrected chi connectivity index (χ0v) is 12.5. The van der Waals surface area contributed by atoms with E-state index in [2.05, 4.69) is 19.9 Å². The first kappa shape index (κ1) is 13.5. The topological polar surface area (TPSA) is 76.5 Å². The third kappa shape index (κ3) is 2.22. The highest BCUT2D eigenvalue weighted by molar-refractivity contribution is 6.08. The van der Waals surface area contributed by atoms with E-state index in [1.54, 1.807) is 18.6 Å². The van der Waals surface area contributed by atoms with Crippen LogP contribution in [0.5, 0.6) is 0 Å². The van der Waals surface area contributed by atoms with E-state index in [0.717, 1.165) is 5.82 Å². The SMILES string of the molecule is Cc1nccn1-c1cnc2[nH]cc(C(=O)C(C)(C)C)c2n1.